The van der Waals surface area contributed by atoms with E-state index < -0.39 is 0 Å². The first-order valence-electron chi connectivity index (χ1n) is 4.83. The molecule has 0 aliphatic heterocycles. The van der Waals surface area contributed by atoms with Crippen LogP contribution in [0, 0.1) is 0 Å². The highest BCUT2D eigenvalue weighted by atomic mass is 15.0. The molecule has 0 fully saturated rings. The van der Waals surface area contributed by atoms with E-state index in [2.05, 4.69) is 47.4 Å². The fourth-order valence-corrected chi connectivity index (χ4v) is 1.09. The number of nitrogens with one attached hydrogen (secondary N) is 1. The SMILES string of the molecule is C=NCC(CNCC(CC)N=C)N=C. The molecule has 0 spiro atoms. The maximum atomic E-state index is 3.98. The van der Waals surface area contributed by atoms with Crippen LogP contribution in [0.2, 0.25) is 0 Å². The number of hydrogen-bond donors (Lipinski definition) is 1. The summed E-state index contributed by atoms with van der Waals surface area (Å²) < 4.78 is 0. The summed E-state index contributed by atoms with van der Waals surface area (Å²) in [6, 6.07) is 0.409. The third kappa shape index (κ3) is 5.59. The van der Waals surface area contributed by atoms with Crippen molar-refractivity contribution in [2.45, 2.75) is 25.4 Å². The first kappa shape index (κ1) is 13.0. The van der Waals surface area contributed by atoms with Crippen LogP contribution in [0.5, 0.6) is 0 Å². The van der Waals surface area contributed by atoms with Gasteiger partial charge in [-0.25, -0.2) is 0 Å². The van der Waals surface area contributed by atoms with Gasteiger partial charge in [-0.2, -0.15) is 0 Å². The predicted octanol–water partition coefficient (Wildman–Crippen LogP) is 0.825. The Morgan fingerprint density at radius 2 is 1.64 bits per heavy atom. The van der Waals surface area contributed by atoms with E-state index in [0.29, 0.717) is 6.54 Å². The molecule has 0 aromatic rings. The van der Waals surface area contributed by atoms with Gasteiger partial charge in [0.1, 0.15) is 0 Å². The maximum Gasteiger partial charge on any atom is 0.0811 e. The summed E-state index contributed by atoms with van der Waals surface area (Å²) in [4.78, 5) is 11.7. The normalized spacial score (nSPS) is 14.4. The second-order valence-corrected chi connectivity index (χ2v) is 3.15. The fourth-order valence-electron chi connectivity index (χ4n) is 1.09. The van der Waals surface area contributed by atoms with Crippen LogP contribution in [0.15, 0.2) is 15.0 Å². The van der Waals surface area contributed by atoms with Crippen LogP contribution < -0.4 is 5.32 Å². The minimum absolute atomic E-state index is 0.120. The van der Waals surface area contributed by atoms with Crippen LogP contribution in [0.3, 0.4) is 0 Å². The van der Waals surface area contributed by atoms with Gasteiger partial charge in [-0.15, -0.1) is 0 Å². The van der Waals surface area contributed by atoms with Crippen LogP contribution >= 0.6 is 0 Å². The van der Waals surface area contributed by atoms with Gasteiger partial charge in [0.15, 0.2) is 0 Å². The van der Waals surface area contributed by atoms with Gasteiger partial charge in [0, 0.05) is 13.1 Å². The zero-order chi connectivity index (χ0) is 10.8. The standard InChI is InChI=1S/C10H20N4/c1-5-9(12-3)7-14-8-10(13-4)6-11-2/h9-10,14H,2-8H2,1H3. The van der Waals surface area contributed by atoms with Gasteiger partial charge in [-0.1, -0.05) is 6.92 Å². The topological polar surface area (TPSA) is 49.1 Å². The van der Waals surface area contributed by atoms with Crippen molar-refractivity contribution in [3.05, 3.63) is 0 Å². The molecule has 0 bridgehead atoms. The summed E-state index contributed by atoms with van der Waals surface area (Å²) in [5.41, 5.74) is 0. The summed E-state index contributed by atoms with van der Waals surface area (Å²) in [6.45, 7) is 14.8. The molecule has 2 atom stereocenters. The molecule has 0 saturated heterocycles. The Kier molecular flexibility index (Phi) is 7.93. The lowest BCUT2D eigenvalue weighted by Crippen LogP contribution is -2.32. The lowest BCUT2D eigenvalue weighted by Gasteiger charge is -2.13. The van der Waals surface area contributed by atoms with Crippen molar-refractivity contribution in [3.63, 3.8) is 0 Å². The third-order valence-corrected chi connectivity index (χ3v) is 2.09. The zero-order valence-electron chi connectivity index (χ0n) is 8.95. The van der Waals surface area contributed by atoms with E-state index in [4.69, 9.17) is 0 Å². The Morgan fingerprint density at radius 1 is 1.07 bits per heavy atom. The van der Waals surface area contributed by atoms with E-state index in [1.54, 1.807) is 0 Å². The second kappa shape index (κ2) is 8.56. The molecule has 0 aliphatic rings. The highest BCUT2D eigenvalue weighted by Gasteiger charge is 2.05. The van der Waals surface area contributed by atoms with Crippen LogP contribution in [0.1, 0.15) is 13.3 Å². The molecular weight excluding hydrogens is 176 g/mol. The molecule has 0 amide bonds. The Hall–Kier alpha value is -1.03. The first-order valence-corrected chi connectivity index (χ1v) is 4.83. The van der Waals surface area contributed by atoms with E-state index in [1.807, 2.05) is 0 Å². The van der Waals surface area contributed by atoms with Crippen LogP contribution in [-0.4, -0.2) is 51.9 Å². The molecule has 0 radical (unpaired) electrons. The van der Waals surface area contributed by atoms with Gasteiger partial charge >= 0.3 is 0 Å². The molecule has 1 N–H and O–H groups in total. The van der Waals surface area contributed by atoms with Gasteiger partial charge < -0.3 is 5.32 Å². The van der Waals surface area contributed by atoms with Crippen molar-refractivity contribution in [3.8, 4) is 0 Å². The van der Waals surface area contributed by atoms with E-state index in [9.17, 15) is 0 Å². The Labute approximate surface area is 86.3 Å². The monoisotopic (exact) mass is 196 g/mol. The largest absolute Gasteiger partial charge is 0.312 e. The van der Waals surface area contributed by atoms with Crippen molar-refractivity contribution in [2.75, 3.05) is 19.6 Å². The molecule has 14 heavy (non-hydrogen) atoms. The van der Waals surface area contributed by atoms with Crippen LogP contribution in [0.4, 0.5) is 0 Å². The number of hydrogen-bond acceptors (Lipinski definition) is 4. The Balaban J connectivity index is 3.63. The molecule has 2 unspecified atom stereocenters. The second-order valence-electron chi connectivity index (χ2n) is 3.15. The highest BCUT2D eigenvalue weighted by molar-refractivity contribution is 5.26. The van der Waals surface area contributed by atoms with Crippen LogP contribution in [-0.2, 0) is 0 Å². The van der Waals surface area contributed by atoms with Gasteiger partial charge in [0.2, 0.25) is 0 Å². The molecule has 0 aromatic carbocycles. The molecular formula is C10H20N4. The number of rotatable bonds is 9. The van der Waals surface area contributed by atoms with Crippen molar-refractivity contribution in [2.24, 2.45) is 15.0 Å². The minimum atomic E-state index is 0.120. The van der Waals surface area contributed by atoms with Gasteiger partial charge in [-0.05, 0) is 26.6 Å². The molecule has 0 rings (SSSR count). The summed E-state index contributed by atoms with van der Waals surface area (Å²) in [5, 5.41) is 3.27. The minimum Gasteiger partial charge on any atom is -0.312 e. The summed E-state index contributed by atoms with van der Waals surface area (Å²) >= 11 is 0. The molecule has 0 heterocycles. The molecule has 80 valence electrons. The molecule has 0 aliphatic carbocycles. The number of aliphatic imine (C=N–C) groups is 3. The van der Waals surface area contributed by atoms with E-state index in [0.717, 1.165) is 19.5 Å². The lowest BCUT2D eigenvalue weighted by molar-refractivity contribution is 0.532. The van der Waals surface area contributed by atoms with Crippen LogP contribution in [0.25, 0.3) is 0 Å². The summed E-state index contributed by atoms with van der Waals surface area (Å²) in [5.74, 6) is 0. The van der Waals surface area contributed by atoms with E-state index >= 15 is 0 Å². The van der Waals surface area contributed by atoms with Crippen molar-refractivity contribution < 1.29 is 0 Å². The smallest absolute Gasteiger partial charge is 0.0811 e. The average Bonchev–Trinajstić information content (AvgIpc) is 2.23. The van der Waals surface area contributed by atoms with Gasteiger partial charge in [0.25, 0.3) is 0 Å². The van der Waals surface area contributed by atoms with E-state index in [-0.39, 0.29) is 12.1 Å². The lowest BCUT2D eigenvalue weighted by atomic mass is 10.2. The molecule has 4 heteroatoms. The van der Waals surface area contributed by atoms with Crippen molar-refractivity contribution >= 4 is 20.2 Å². The Bertz CT molecular complexity index is 179. The van der Waals surface area contributed by atoms with Crippen molar-refractivity contribution in [1.82, 2.24) is 5.32 Å². The molecule has 0 aromatic heterocycles. The summed E-state index contributed by atoms with van der Waals surface area (Å²) in [6.07, 6.45) is 1.00. The molecule has 0 saturated carbocycles. The average molecular weight is 196 g/mol. The quantitative estimate of drug-likeness (QED) is 0.545. The van der Waals surface area contributed by atoms with E-state index in [1.165, 1.54) is 0 Å². The first-order chi connectivity index (χ1) is 6.78. The van der Waals surface area contributed by atoms with Gasteiger partial charge in [-0.3, -0.25) is 15.0 Å². The third-order valence-electron chi connectivity index (χ3n) is 2.09. The Morgan fingerprint density at radius 3 is 2.07 bits per heavy atom. The zero-order valence-corrected chi connectivity index (χ0v) is 8.95. The maximum absolute atomic E-state index is 3.98. The molecule has 4 nitrogen and oxygen atoms in total. The van der Waals surface area contributed by atoms with Crippen molar-refractivity contribution in [1.29, 1.82) is 0 Å². The highest BCUT2D eigenvalue weighted by Crippen LogP contribution is 1.94. The van der Waals surface area contributed by atoms with Gasteiger partial charge in [0.05, 0.1) is 18.6 Å². The predicted molar refractivity (Wildman–Crippen MR) is 64.3 cm³/mol. The fraction of sp³-hybridized carbons (Fsp3) is 0.700. The summed E-state index contributed by atoms with van der Waals surface area (Å²) in [7, 11) is 0. The number of nitrogens with zero attached hydrogens (tertiary/aromatic N) is 3.